The van der Waals surface area contributed by atoms with Gasteiger partial charge in [0.15, 0.2) is 11.6 Å². The highest BCUT2D eigenvalue weighted by Gasteiger charge is 2.20. The van der Waals surface area contributed by atoms with Crippen LogP contribution in [0, 0.1) is 17.6 Å². The van der Waals surface area contributed by atoms with Crippen LogP contribution in [0.5, 0.6) is 0 Å². The van der Waals surface area contributed by atoms with E-state index in [1.807, 2.05) is 25.1 Å². The number of benzene rings is 2. The van der Waals surface area contributed by atoms with Gasteiger partial charge in [0, 0.05) is 13.5 Å². The molecule has 2 aromatic rings. The fourth-order valence-electron chi connectivity index (χ4n) is 2.81. The van der Waals surface area contributed by atoms with Crippen molar-refractivity contribution < 1.29 is 13.6 Å². The number of halogens is 2. The van der Waals surface area contributed by atoms with Gasteiger partial charge in [0.1, 0.15) is 0 Å². The van der Waals surface area contributed by atoms with Gasteiger partial charge in [0.2, 0.25) is 5.91 Å². The lowest BCUT2D eigenvalue weighted by Crippen LogP contribution is -2.30. The maximum Gasteiger partial charge on any atom is 0.223 e. The molecule has 2 unspecified atom stereocenters. The van der Waals surface area contributed by atoms with Crippen LogP contribution in [0.4, 0.5) is 8.78 Å². The lowest BCUT2D eigenvalue weighted by Gasteiger charge is -2.26. The summed E-state index contributed by atoms with van der Waals surface area (Å²) in [5.41, 5.74) is 1.86. The average molecular weight is 345 g/mol. The molecule has 2 rings (SSSR count). The van der Waals surface area contributed by atoms with Crippen LogP contribution in [0.15, 0.2) is 48.5 Å². The van der Waals surface area contributed by atoms with Crippen molar-refractivity contribution in [2.75, 3.05) is 7.05 Å². The van der Waals surface area contributed by atoms with E-state index in [9.17, 15) is 13.6 Å². The van der Waals surface area contributed by atoms with Gasteiger partial charge in [-0.3, -0.25) is 4.79 Å². The van der Waals surface area contributed by atoms with Crippen molar-refractivity contribution in [3.05, 3.63) is 71.3 Å². The number of rotatable bonds is 7. The van der Waals surface area contributed by atoms with Crippen molar-refractivity contribution >= 4 is 5.91 Å². The predicted octanol–water partition coefficient (Wildman–Crippen LogP) is 5.14. The van der Waals surface area contributed by atoms with Crippen LogP contribution < -0.4 is 0 Å². The Labute approximate surface area is 148 Å². The van der Waals surface area contributed by atoms with E-state index in [1.54, 1.807) is 11.9 Å². The molecule has 2 atom stereocenters. The molecule has 0 aliphatic carbocycles. The summed E-state index contributed by atoms with van der Waals surface area (Å²) >= 11 is 0. The van der Waals surface area contributed by atoms with E-state index in [2.05, 4.69) is 19.1 Å². The lowest BCUT2D eigenvalue weighted by atomic mass is 9.97. The lowest BCUT2D eigenvalue weighted by molar-refractivity contribution is -0.132. The van der Waals surface area contributed by atoms with Gasteiger partial charge in [-0.25, -0.2) is 8.78 Å². The summed E-state index contributed by atoms with van der Waals surface area (Å²) in [5.74, 6) is -1.49. The van der Waals surface area contributed by atoms with Crippen LogP contribution in [-0.4, -0.2) is 17.9 Å². The van der Waals surface area contributed by atoms with E-state index in [0.717, 1.165) is 25.0 Å². The minimum Gasteiger partial charge on any atom is -0.339 e. The van der Waals surface area contributed by atoms with Crippen molar-refractivity contribution in [2.45, 2.75) is 39.2 Å². The SMILES string of the molecule is CC(CCc1ccccc1)CC(=O)N(C)C(C)c1ccc(F)c(F)c1. The first kappa shape index (κ1) is 19.1. The van der Waals surface area contributed by atoms with Gasteiger partial charge < -0.3 is 4.90 Å². The Morgan fingerprint density at radius 2 is 1.72 bits per heavy atom. The highest BCUT2D eigenvalue weighted by molar-refractivity contribution is 5.76. The van der Waals surface area contributed by atoms with Gasteiger partial charge in [-0.05, 0) is 48.9 Å². The fraction of sp³-hybridized carbons (Fsp3) is 0.381. The Bertz CT molecular complexity index is 702. The molecule has 0 heterocycles. The van der Waals surface area contributed by atoms with E-state index in [0.29, 0.717) is 12.0 Å². The Balaban J connectivity index is 1.89. The molecule has 0 fully saturated rings. The number of carbonyl (C=O) groups is 1. The third-order valence-corrected chi connectivity index (χ3v) is 4.69. The zero-order valence-corrected chi connectivity index (χ0v) is 15.0. The summed E-state index contributed by atoms with van der Waals surface area (Å²) in [6.07, 6.45) is 2.32. The summed E-state index contributed by atoms with van der Waals surface area (Å²) in [7, 11) is 1.71. The summed E-state index contributed by atoms with van der Waals surface area (Å²) in [4.78, 5) is 14.1. The van der Waals surface area contributed by atoms with E-state index >= 15 is 0 Å². The van der Waals surface area contributed by atoms with Crippen LogP contribution >= 0.6 is 0 Å². The Hall–Kier alpha value is -2.23. The number of aryl methyl sites for hydroxylation is 1. The molecular weight excluding hydrogens is 320 g/mol. The Morgan fingerprint density at radius 1 is 1.04 bits per heavy atom. The highest BCUT2D eigenvalue weighted by Crippen LogP contribution is 2.23. The van der Waals surface area contributed by atoms with Gasteiger partial charge in [-0.15, -0.1) is 0 Å². The van der Waals surface area contributed by atoms with Crippen molar-refractivity contribution in [3.8, 4) is 0 Å². The third-order valence-electron chi connectivity index (χ3n) is 4.69. The number of nitrogens with zero attached hydrogens (tertiary/aromatic N) is 1. The first-order valence-corrected chi connectivity index (χ1v) is 8.63. The summed E-state index contributed by atoms with van der Waals surface area (Å²) in [6.45, 7) is 3.89. The van der Waals surface area contributed by atoms with Gasteiger partial charge in [-0.2, -0.15) is 0 Å². The summed E-state index contributed by atoms with van der Waals surface area (Å²) in [6, 6.07) is 13.7. The molecule has 0 aliphatic heterocycles. The molecule has 2 aromatic carbocycles. The quantitative estimate of drug-likeness (QED) is 0.680. The molecule has 2 nitrogen and oxygen atoms in total. The van der Waals surface area contributed by atoms with Crippen LogP contribution in [0.25, 0.3) is 0 Å². The van der Waals surface area contributed by atoms with Crippen LogP contribution in [0.2, 0.25) is 0 Å². The minimum atomic E-state index is -0.888. The maximum atomic E-state index is 13.4. The zero-order valence-electron chi connectivity index (χ0n) is 15.0. The molecule has 0 aromatic heterocycles. The minimum absolute atomic E-state index is 0.0118. The van der Waals surface area contributed by atoms with Crippen molar-refractivity contribution in [1.29, 1.82) is 0 Å². The normalized spacial score (nSPS) is 13.3. The maximum absolute atomic E-state index is 13.4. The summed E-state index contributed by atoms with van der Waals surface area (Å²) in [5, 5.41) is 0. The number of hydrogen-bond acceptors (Lipinski definition) is 1. The number of carbonyl (C=O) groups excluding carboxylic acids is 1. The molecule has 4 heteroatoms. The molecule has 0 radical (unpaired) electrons. The average Bonchev–Trinajstić information content (AvgIpc) is 2.61. The zero-order chi connectivity index (χ0) is 18.4. The molecule has 0 saturated heterocycles. The third kappa shape index (κ3) is 5.38. The number of amides is 1. The molecule has 25 heavy (non-hydrogen) atoms. The van der Waals surface area contributed by atoms with Gasteiger partial charge >= 0.3 is 0 Å². The monoisotopic (exact) mass is 345 g/mol. The van der Waals surface area contributed by atoms with Crippen LogP contribution in [0.3, 0.4) is 0 Å². The van der Waals surface area contributed by atoms with Crippen molar-refractivity contribution in [2.24, 2.45) is 5.92 Å². The van der Waals surface area contributed by atoms with Crippen molar-refractivity contribution in [1.82, 2.24) is 4.90 Å². The van der Waals surface area contributed by atoms with Crippen molar-refractivity contribution in [3.63, 3.8) is 0 Å². The molecule has 0 aliphatic rings. The van der Waals surface area contributed by atoms with E-state index in [4.69, 9.17) is 0 Å². The topological polar surface area (TPSA) is 20.3 Å². The molecule has 134 valence electrons. The van der Waals surface area contributed by atoms with Gasteiger partial charge in [-0.1, -0.05) is 43.3 Å². The molecule has 0 saturated carbocycles. The van der Waals surface area contributed by atoms with Gasteiger partial charge in [0.05, 0.1) is 6.04 Å². The Morgan fingerprint density at radius 3 is 2.36 bits per heavy atom. The number of hydrogen-bond donors (Lipinski definition) is 0. The summed E-state index contributed by atoms with van der Waals surface area (Å²) < 4.78 is 26.5. The molecule has 0 bridgehead atoms. The fourth-order valence-corrected chi connectivity index (χ4v) is 2.81. The van der Waals surface area contributed by atoms with Crippen LogP contribution in [-0.2, 0) is 11.2 Å². The van der Waals surface area contributed by atoms with Crippen LogP contribution in [0.1, 0.15) is 43.9 Å². The van der Waals surface area contributed by atoms with Gasteiger partial charge in [0.25, 0.3) is 0 Å². The molecular formula is C21H25F2NO. The first-order chi connectivity index (χ1) is 11.9. The second-order valence-corrected chi connectivity index (χ2v) is 6.69. The first-order valence-electron chi connectivity index (χ1n) is 8.63. The molecule has 0 N–H and O–H groups in total. The van der Waals surface area contributed by atoms with E-state index < -0.39 is 11.6 Å². The highest BCUT2D eigenvalue weighted by atomic mass is 19.2. The van der Waals surface area contributed by atoms with E-state index in [-0.39, 0.29) is 17.9 Å². The predicted molar refractivity (Wildman–Crippen MR) is 96.1 cm³/mol. The largest absolute Gasteiger partial charge is 0.339 e. The van der Waals surface area contributed by atoms with E-state index in [1.165, 1.54) is 11.6 Å². The standard InChI is InChI=1S/C21H25F2NO/c1-15(9-10-17-7-5-4-6-8-17)13-21(25)24(3)16(2)18-11-12-19(22)20(23)14-18/h4-8,11-12,14-16H,9-10,13H2,1-3H3. The second kappa shape index (κ2) is 8.75. The smallest absolute Gasteiger partial charge is 0.223 e. The molecule has 0 spiro atoms. The Kier molecular flexibility index (Phi) is 6.68. The second-order valence-electron chi connectivity index (χ2n) is 6.69. The molecule has 1 amide bonds.